The molecule has 1 aliphatic rings. The highest BCUT2D eigenvalue weighted by Gasteiger charge is 2.23. The van der Waals surface area contributed by atoms with E-state index >= 15 is 0 Å². The number of fused-ring (bicyclic) bond motifs is 1. The molecule has 8 nitrogen and oxygen atoms in total. The number of hydrogen-bond acceptors (Lipinski definition) is 6. The first-order valence-electron chi connectivity index (χ1n) is 8.88. The van der Waals surface area contributed by atoms with Crippen LogP contribution in [0.5, 0.6) is 0 Å². The molecule has 0 bridgehead atoms. The van der Waals surface area contributed by atoms with Crippen molar-refractivity contribution in [2.24, 2.45) is 7.05 Å². The number of nitrogens with one attached hydrogen (secondary N) is 1. The molecule has 138 valence electrons. The molecule has 1 fully saturated rings. The van der Waals surface area contributed by atoms with Crippen LogP contribution in [0.3, 0.4) is 0 Å². The summed E-state index contributed by atoms with van der Waals surface area (Å²) in [5.74, 6) is 0.418. The first kappa shape index (κ1) is 17.2. The average molecular weight is 364 g/mol. The molecule has 1 aliphatic heterocycles. The third-order valence-electron chi connectivity index (χ3n) is 4.99. The number of benzene rings is 1. The summed E-state index contributed by atoms with van der Waals surface area (Å²) in [6.07, 6.45) is 3.25. The van der Waals surface area contributed by atoms with Crippen molar-refractivity contribution in [1.29, 1.82) is 5.26 Å². The van der Waals surface area contributed by atoms with Crippen molar-refractivity contribution in [3.8, 4) is 6.07 Å². The van der Waals surface area contributed by atoms with E-state index in [1.54, 1.807) is 34.5 Å². The molecule has 0 amide bonds. The molecule has 3 heterocycles. The van der Waals surface area contributed by atoms with Gasteiger partial charge in [-0.3, -0.25) is 9.13 Å². The molecule has 0 saturated carbocycles. The summed E-state index contributed by atoms with van der Waals surface area (Å²) in [5.41, 5.74) is 3.59. The first-order valence-corrected chi connectivity index (χ1v) is 8.88. The van der Waals surface area contributed by atoms with Crippen LogP contribution in [-0.2, 0) is 11.8 Å². The number of imidazole rings is 1. The van der Waals surface area contributed by atoms with Crippen LogP contribution in [0.25, 0.3) is 11.2 Å². The molecular formula is C19H20N6O2. The molecule has 0 atom stereocenters. The number of aromatic nitrogens is 4. The Morgan fingerprint density at radius 1 is 1.33 bits per heavy atom. The summed E-state index contributed by atoms with van der Waals surface area (Å²) in [7, 11) is 1.74. The maximum absolute atomic E-state index is 12.7. The Kier molecular flexibility index (Phi) is 4.38. The number of anilines is 2. The first-order chi connectivity index (χ1) is 13.1. The minimum Gasteiger partial charge on any atom is -0.381 e. The summed E-state index contributed by atoms with van der Waals surface area (Å²) < 4.78 is 8.77. The van der Waals surface area contributed by atoms with Crippen LogP contribution in [-0.4, -0.2) is 32.3 Å². The Balaban J connectivity index is 1.75. The Hall–Kier alpha value is -3.18. The fourth-order valence-electron chi connectivity index (χ4n) is 3.46. The van der Waals surface area contributed by atoms with E-state index in [2.05, 4.69) is 21.4 Å². The average Bonchev–Trinajstić information content (AvgIpc) is 2.94. The fourth-order valence-corrected chi connectivity index (χ4v) is 3.46. The molecule has 0 aliphatic carbocycles. The summed E-state index contributed by atoms with van der Waals surface area (Å²) in [5, 5.41) is 12.2. The van der Waals surface area contributed by atoms with E-state index in [0.717, 1.165) is 24.1 Å². The molecule has 8 heteroatoms. The number of nitrogens with zero attached hydrogens (tertiary/aromatic N) is 5. The monoisotopic (exact) mass is 364 g/mol. The molecule has 1 N–H and O–H groups in total. The van der Waals surface area contributed by atoms with Gasteiger partial charge in [-0.25, -0.2) is 9.78 Å². The highest BCUT2D eigenvalue weighted by molar-refractivity contribution is 5.73. The zero-order chi connectivity index (χ0) is 19.0. The third-order valence-corrected chi connectivity index (χ3v) is 4.99. The second-order valence-corrected chi connectivity index (χ2v) is 6.72. The van der Waals surface area contributed by atoms with Crippen LogP contribution in [0.2, 0.25) is 0 Å². The topological polar surface area (TPSA) is 97.8 Å². The van der Waals surface area contributed by atoms with Crippen molar-refractivity contribution in [3.05, 3.63) is 46.0 Å². The van der Waals surface area contributed by atoms with Gasteiger partial charge in [0.2, 0.25) is 5.95 Å². The number of aryl methyl sites for hydroxylation is 2. The molecule has 4 rings (SSSR count). The standard InChI is InChI=1S/C19H20N6O2/c1-12-9-13(10-20)3-4-15(12)22-18-21-11-16-17(23-18)25(19(26)24(16)2)14-5-7-27-8-6-14/h3-4,9,11,14H,5-8H2,1-2H3,(H,21,22,23). The van der Waals surface area contributed by atoms with E-state index in [0.29, 0.717) is 35.9 Å². The second kappa shape index (κ2) is 6.85. The minimum atomic E-state index is -0.0853. The predicted molar refractivity (Wildman–Crippen MR) is 101 cm³/mol. The van der Waals surface area contributed by atoms with Gasteiger partial charge in [-0.05, 0) is 43.5 Å². The Labute approximate surface area is 156 Å². The predicted octanol–water partition coefficient (Wildman–Crippen LogP) is 2.41. The van der Waals surface area contributed by atoms with Crippen LogP contribution in [0, 0.1) is 18.3 Å². The van der Waals surface area contributed by atoms with Gasteiger partial charge in [0.05, 0.1) is 17.8 Å². The fraction of sp³-hybridized carbons (Fsp3) is 0.368. The van der Waals surface area contributed by atoms with E-state index < -0.39 is 0 Å². The molecule has 27 heavy (non-hydrogen) atoms. The van der Waals surface area contributed by atoms with Gasteiger partial charge in [0.25, 0.3) is 0 Å². The normalized spacial score (nSPS) is 15.0. The van der Waals surface area contributed by atoms with Crippen molar-refractivity contribution in [3.63, 3.8) is 0 Å². The maximum atomic E-state index is 12.7. The van der Waals surface area contributed by atoms with Gasteiger partial charge in [-0.1, -0.05) is 0 Å². The zero-order valence-corrected chi connectivity index (χ0v) is 15.3. The highest BCUT2D eigenvalue weighted by Crippen LogP contribution is 2.25. The van der Waals surface area contributed by atoms with E-state index in [9.17, 15) is 4.79 Å². The molecule has 1 saturated heterocycles. The van der Waals surface area contributed by atoms with Gasteiger partial charge >= 0.3 is 5.69 Å². The van der Waals surface area contributed by atoms with E-state index in [1.807, 2.05) is 13.0 Å². The van der Waals surface area contributed by atoms with Gasteiger partial charge in [0.1, 0.15) is 5.52 Å². The summed E-state index contributed by atoms with van der Waals surface area (Å²) >= 11 is 0. The van der Waals surface area contributed by atoms with Crippen LogP contribution in [0.1, 0.15) is 30.0 Å². The lowest BCUT2D eigenvalue weighted by Crippen LogP contribution is -2.30. The van der Waals surface area contributed by atoms with Crippen molar-refractivity contribution >= 4 is 22.8 Å². The van der Waals surface area contributed by atoms with Gasteiger partial charge in [0.15, 0.2) is 5.65 Å². The van der Waals surface area contributed by atoms with E-state index in [1.165, 1.54) is 0 Å². The molecule has 3 aromatic rings. The number of ether oxygens (including phenoxy) is 1. The molecule has 0 radical (unpaired) electrons. The molecule has 1 aromatic carbocycles. The number of hydrogen-bond donors (Lipinski definition) is 1. The SMILES string of the molecule is Cc1cc(C#N)ccc1Nc1ncc2c(n1)n(C1CCOCC1)c(=O)n2C. The number of rotatable bonds is 3. The highest BCUT2D eigenvalue weighted by atomic mass is 16.5. The van der Waals surface area contributed by atoms with Crippen LogP contribution >= 0.6 is 0 Å². The lowest BCUT2D eigenvalue weighted by Gasteiger charge is -2.22. The van der Waals surface area contributed by atoms with E-state index in [-0.39, 0.29) is 11.7 Å². The van der Waals surface area contributed by atoms with Crippen molar-refractivity contribution in [2.45, 2.75) is 25.8 Å². The summed E-state index contributed by atoms with van der Waals surface area (Å²) in [4.78, 5) is 21.7. The number of nitriles is 1. The summed E-state index contributed by atoms with van der Waals surface area (Å²) in [6, 6.07) is 7.59. The molecule has 0 spiro atoms. The van der Waals surface area contributed by atoms with Crippen molar-refractivity contribution in [2.75, 3.05) is 18.5 Å². The molecule has 2 aromatic heterocycles. The lowest BCUT2D eigenvalue weighted by molar-refractivity contribution is 0.0695. The Morgan fingerprint density at radius 3 is 2.81 bits per heavy atom. The van der Waals surface area contributed by atoms with Crippen LogP contribution in [0.4, 0.5) is 11.6 Å². The van der Waals surface area contributed by atoms with Crippen LogP contribution in [0.15, 0.2) is 29.2 Å². The van der Waals surface area contributed by atoms with Gasteiger partial charge in [-0.2, -0.15) is 10.2 Å². The smallest absolute Gasteiger partial charge is 0.330 e. The van der Waals surface area contributed by atoms with Gasteiger partial charge in [0, 0.05) is 32.0 Å². The van der Waals surface area contributed by atoms with Gasteiger partial charge < -0.3 is 10.1 Å². The third kappa shape index (κ3) is 3.06. The van der Waals surface area contributed by atoms with Crippen molar-refractivity contribution < 1.29 is 4.74 Å². The summed E-state index contributed by atoms with van der Waals surface area (Å²) in [6.45, 7) is 3.21. The van der Waals surface area contributed by atoms with Crippen LogP contribution < -0.4 is 11.0 Å². The van der Waals surface area contributed by atoms with Gasteiger partial charge in [-0.15, -0.1) is 0 Å². The quantitative estimate of drug-likeness (QED) is 0.766. The largest absolute Gasteiger partial charge is 0.381 e. The Morgan fingerprint density at radius 2 is 2.11 bits per heavy atom. The minimum absolute atomic E-state index is 0.0781. The molecular weight excluding hydrogens is 344 g/mol. The maximum Gasteiger partial charge on any atom is 0.330 e. The Bertz CT molecular complexity index is 1100. The second-order valence-electron chi connectivity index (χ2n) is 6.72. The van der Waals surface area contributed by atoms with E-state index in [4.69, 9.17) is 10.00 Å². The lowest BCUT2D eigenvalue weighted by atomic mass is 10.1. The molecule has 0 unspecified atom stereocenters. The van der Waals surface area contributed by atoms with Crippen molar-refractivity contribution in [1.82, 2.24) is 19.1 Å². The zero-order valence-electron chi connectivity index (χ0n) is 15.3.